The molecule has 0 radical (unpaired) electrons. The average Bonchev–Trinajstić information content (AvgIpc) is 3.32. The minimum Gasteiger partial charge on any atom is -0.357 e. The van der Waals surface area contributed by atoms with Gasteiger partial charge >= 0.3 is 0 Å². The molecule has 3 N–H and O–H groups in total. The van der Waals surface area contributed by atoms with Crippen molar-refractivity contribution in [2.75, 3.05) is 26.7 Å². The Balaban J connectivity index is 0.00000187. The van der Waals surface area contributed by atoms with Crippen molar-refractivity contribution in [3.8, 4) is 0 Å². The van der Waals surface area contributed by atoms with Crippen molar-refractivity contribution in [2.45, 2.75) is 70.9 Å². The number of hydrogen-bond acceptors (Lipinski definition) is 4. The third-order valence-electron chi connectivity index (χ3n) is 7.83. The summed E-state index contributed by atoms with van der Waals surface area (Å²) < 4.78 is 0. The average molecular weight is 506 g/mol. The number of pyridine rings is 2. The van der Waals surface area contributed by atoms with Crippen molar-refractivity contribution >= 4 is 22.9 Å². The van der Waals surface area contributed by atoms with Crippen LogP contribution in [0.3, 0.4) is 0 Å². The van der Waals surface area contributed by atoms with Crippen molar-refractivity contribution in [3.63, 3.8) is 0 Å². The monoisotopic (exact) mass is 505 g/mol. The quantitative estimate of drug-likeness (QED) is 0.187. The predicted octanol–water partition coefficient (Wildman–Crippen LogP) is 6.06. The van der Waals surface area contributed by atoms with Crippen LogP contribution < -0.4 is 10.6 Å². The Morgan fingerprint density at radius 2 is 2.14 bits per heavy atom. The lowest BCUT2D eigenvalue weighted by molar-refractivity contribution is 0.161. The zero-order valence-electron chi connectivity index (χ0n) is 22.6. The number of guanidine groups is 1. The molecule has 2 unspecified atom stereocenters. The van der Waals surface area contributed by atoms with Gasteiger partial charge in [-0.05, 0) is 87.2 Å². The molecule has 3 aromatic rings. The number of aromatic amines is 1. The molecule has 0 bridgehead atoms. The lowest BCUT2D eigenvalue weighted by Crippen LogP contribution is -2.38. The third kappa shape index (κ3) is 5.57. The van der Waals surface area contributed by atoms with Gasteiger partial charge in [0, 0.05) is 54.4 Å². The number of H-pyrrole nitrogens is 1. The van der Waals surface area contributed by atoms with E-state index in [0.717, 1.165) is 69.9 Å². The summed E-state index contributed by atoms with van der Waals surface area (Å²) in [4.78, 5) is 20.4. The first kappa shape index (κ1) is 25.5. The number of hydrogen-bond donors (Lipinski definition) is 3. The molecule has 3 heterocycles. The number of aliphatic imine (C=N–C) groups is 1. The SMILES string of the molecule is CCNC(=NC)NCCCCN(Cc1nccc2c3c([nH]c12)C=CCC3C)C1CCCc2cccnc21.[HH].[HH].[HH]. The van der Waals surface area contributed by atoms with Gasteiger partial charge in [0.25, 0.3) is 0 Å². The summed E-state index contributed by atoms with van der Waals surface area (Å²) in [5, 5.41) is 8.03. The summed E-state index contributed by atoms with van der Waals surface area (Å²) in [6, 6.07) is 6.85. The van der Waals surface area contributed by atoms with E-state index in [4.69, 9.17) is 9.97 Å². The second-order valence-electron chi connectivity index (χ2n) is 10.3. The molecule has 0 saturated carbocycles. The minimum atomic E-state index is 0. The van der Waals surface area contributed by atoms with Gasteiger partial charge in [0.2, 0.25) is 0 Å². The summed E-state index contributed by atoms with van der Waals surface area (Å²) in [7, 11) is 1.82. The van der Waals surface area contributed by atoms with Crippen LogP contribution in [0, 0.1) is 0 Å². The van der Waals surface area contributed by atoms with Crippen LogP contribution in [-0.4, -0.2) is 52.5 Å². The molecular formula is C30H47N7. The van der Waals surface area contributed by atoms with Gasteiger partial charge in [-0.1, -0.05) is 19.1 Å². The molecule has 0 aromatic carbocycles. The highest BCUT2D eigenvalue weighted by Crippen LogP contribution is 2.38. The lowest BCUT2D eigenvalue weighted by atomic mass is 9.90. The highest BCUT2D eigenvalue weighted by molar-refractivity contribution is 5.89. The summed E-state index contributed by atoms with van der Waals surface area (Å²) in [6.45, 7) is 8.03. The van der Waals surface area contributed by atoms with Gasteiger partial charge in [-0.2, -0.15) is 0 Å². The standard InChI is InChI=1S/C30H41N7.3H2/c1-4-32-30(31-3)35-16-5-6-19-37(26-14-8-11-22-12-9-17-34-28(22)26)20-25-29-23(15-18-33-25)27-21(2)10-7-13-24(27)36-29;;;/h7,9,12-13,15,17-18,21,26,36H,4-6,8,10-11,14,16,19-20H2,1-3H3,(H2,31,32,35);3*1H. The van der Waals surface area contributed by atoms with Crippen LogP contribution >= 0.6 is 0 Å². The Hall–Kier alpha value is -3.19. The number of aryl methyl sites for hydroxylation is 1. The van der Waals surface area contributed by atoms with Crippen LogP contribution in [-0.2, 0) is 13.0 Å². The van der Waals surface area contributed by atoms with Gasteiger partial charge in [0.05, 0.1) is 22.9 Å². The summed E-state index contributed by atoms with van der Waals surface area (Å²) >= 11 is 0. The Morgan fingerprint density at radius 3 is 3.00 bits per heavy atom. The number of fused-ring (bicyclic) bond motifs is 4. The largest absolute Gasteiger partial charge is 0.357 e. The van der Waals surface area contributed by atoms with Gasteiger partial charge in [-0.3, -0.25) is 19.9 Å². The molecule has 2 atom stereocenters. The van der Waals surface area contributed by atoms with Crippen molar-refractivity contribution in [1.29, 1.82) is 0 Å². The van der Waals surface area contributed by atoms with Crippen molar-refractivity contribution in [2.24, 2.45) is 4.99 Å². The molecule has 2 aliphatic rings. The highest BCUT2D eigenvalue weighted by atomic mass is 15.2. The number of nitrogens with one attached hydrogen (secondary N) is 3. The molecule has 3 aromatic heterocycles. The summed E-state index contributed by atoms with van der Waals surface area (Å²) in [5.41, 5.74) is 7.69. The molecule has 7 heteroatoms. The Morgan fingerprint density at radius 1 is 1.22 bits per heavy atom. The molecule has 0 saturated heterocycles. The maximum atomic E-state index is 4.91. The molecule has 0 amide bonds. The molecule has 37 heavy (non-hydrogen) atoms. The first-order valence-electron chi connectivity index (χ1n) is 14.0. The Bertz CT molecular complexity index is 1270. The normalized spacial score (nSPS) is 19.2. The molecule has 5 rings (SSSR count). The van der Waals surface area contributed by atoms with Crippen molar-refractivity contribution in [3.05, 3.63) is 64.9 Å². The molecule has 0 fully saturated rings. The van der Waals surface area contributed by atoms with Crippen LogP contribution in [0.5, 0.6) is 0 Å². The summed E-state index contributed by atoms with van der Waals surface area (Å²) in [6.07, 6.45) is 15.2. The van der Waals surface area contributed by atoms with Gasteiger partial charge in [-0.25, -0.2) is 0 Å². The molecular weight excluding hydrogens is 458 g/mol. The number of unbranched alkanes of at least 4 members (excludes halogenated alkanes) is 1. The van der Waals surface area contributed by atoms with Crippen molar-refractivity contribution < 1.29 is 4.28 Å². The maximum absolute atomic E-state index is 4.91. The highest BCUT2D eigenvalue weighted by Gasteiger charge is 2.28. The molecule has 2 aliphatic carbocycles. The van der Waals surface area contributed by atoms with E-state index >= 15 is 0 Å². The zero-order valence-corrected chi connectivity index (χ0v) is 22.6. The number of nitrogens with zero attached hydrogens (tertiary/aromatic N) is 4. The zero-order chi connectivity index (χ0) is 25.6. The van der Waals surface area contributed by atoms with Crippen LogP contribution in [0.2, 0.25) is 0 Å². The number of rotatable bonds is 9. The fraction of sp³-hybridized carbons (Fsp3) is 0.500. The number of allylic oxidation sites excluding steroid dienone is 1. The van der Waals surface area contributed by atoms with E-state index in [1.165, 1.54) is 39.8 Å². The van der Waals surface area contributed by atoms with E-state index in [1.807, 2.05) is 19.4 Å². The second-order valence-corrected chi connectivity index (χ2v) is 10.3. The topological polar surface area (TPSA) is 81.2 Å². The van der Waals surface area contributed by atoms with Crippen LogP contribution in [0.15, 0.2) is 41.7 Å². The van der Waals surface area contributed by atoms with E-state index < -0.39 is 0 Å². The second kappa shape index (κ2) is 11.9. The molecule has 0 spiro atoms. The smallest absolute Gasteiger partial charge is 0.190 e. The summed E-state index contributed by atoms with van der Waals surface area (Å²) in [5.74, 6) is 1.40. The first-order chi connectivity index (χ1) is 18.2. The van der Waals surface area contributed by atoms with E-state index in [-0.39, 0.29) is 4.28 Å². The van der Waals surface area contributed by atoms with Gasteiger partial charge in [-0.15, -0.1) is 0 Å². The molecule has 7 nitrogen and oxygen atoms in total. The Kier molecular flexibility index (Phi) is 8.19. The fourth-order valence-corrected chi connectivity index (χ4v) is 6.02. The first-order valence-corrected chi connectivity index (χ1v) is 14.0. The van der Waals surface area contributed by atoms with Gasteiger partial charge in [0.1, 0.15) is 0 Å². The van der Waals surface area contributed by atoms with E-state index in [1.54, 1.807) is 0 Å². The maximum Gasteiger partial charge on any atom is 0.190 e. The van der Waals surface area contributed by atoms with E-state index in [9.17, 15) is 0 Å². The van der Waals surface area contributed by atoms with Crippen molar-refractivity contribution in [1.82, 2.24) is 30.5 Å². The van der Waals surface area contributed by atoms with Gasteiger partial charge in [0.15, 0.2) is 5.96 Å². The van der Waals surface area contributed by atoms with E-state index in [0.29, 0.717) is 12.0 Å². The van der Waals surface area contributed by atoms with E-state index in [2.05, 4.69) is 69.7 Å². The van der Waals surface area contributed by atoms with Crippen LogP contribution in [0.4, 0.5) is 0 Å². The van der Waals surface area contributed by atoms with Crippen LogP contribution in [0.1, 0.15) is 90.4 Å². The molecule has 202 valence electrons. The lowest BCUT2D eigenvalue weighted by Gasteiger charge is -2.35. The predicted molar refractivity (Wildman–Crippen MR) is 159 cm³/mol. The number of aromatic nitrogens is 3. The third-order valence-corrected chi connectivity index (χ3v) is 7.83. The van der Waals surface area contributed by atoms with Gasteiger partial charge < -0.3 is 15.6 Å². The molecule has 0 aliphatic heterocycles. The Labute approximate surface area is 225 Å². The fourth-order valence-electron chi connectivity index (χ4n) is 6.02. The minimum absolute atomic E-state index is 0. The van der Waals surface area contributed by atoms with Crippen LogP contribution in [0.25, 0.3) is 17.0 Å².